The van der Waals surface area contributed by atoms with Gasteiger partial charge in [0.1, 0.15) is 0 Å². The largest absolute Gasteiger partial charge is 0.325 e. The first kappa shape index (κ1) is 19.1. The summed E-state index contributed by atoms with van der Waals surface area (Å²) < 4.78 is 26.0. The van der Waals surface area contributed by atoms with Crippen molar-refractivity contribution in [3.05, 3.63) is 59.1 Å². The van der Waals surface area contributed by atoms with E-state index >= 15 is 0 Å². The Balaban J connectivity index is 2.11. The van der Waals surface area contributed by atoms with Gasteiger partial charge < -0.3 is 5.32 Å². The molecule has 0 unspecified atom stereocenters. The molecular weight excluding hydrogens is 364 g/mol. The number of carbonyl (C=O) groups is 2. The van der Waals surface area contributed by atoms with Crippen molar-refractivity contribution in [2.45, 2.75) is 11.8 Å². The Bertz CT molecular complexity index is 895. The van der Waals surface area contributed by atoms with E-state index in [0.717, 1.165) is 4.31 Å². The van der Waals surface area contributed by atoms with E-state index in [0.29, 0.717) is 16.3 Å². The van der Waals surface area contributed by atoms with Crippen LogP contribution >= 0.6 is 11.6 Å². The predicted molar refractivity (Wildman–Crippen MR) is 96.3 cm³/mol. The van der Waals surface area contributed by atoms with Crippen molar-refractivity contribution in [3.8, 4) is 0 Å². The topological polar surface area (TPSA) is 83.6 Å². The van der Waals surface area contributed by atoms with Gasteiger partial charge in [-0.15, -0.1) is 0 Å². The minimum Gasteiger partial charge on any atom is -0.325 e. The highest BCUT2D eigenvalue weighted by molar-refractivity contribution is 7.89. The number of likely N-dealkylation sites (N-methyl/N-ethyl adjacent to an activating group) is 1. The molecular formula is C17H17ClN2O4S. The van der Waals surface area contributed by atoms with Gasteiger partial charge in [0, 0.05) is 23.3 Å². The van der Waals surface area contributed by atoms with Crippen LogP contribution in [0.2, 0.25) is 5.02 Å². The molecule has 0 aliphatic rings. The number of benzene rings is 2. The molecule has 25 heavy (non-hydrogen) atoms. The van der Waals surface area contributed by atoms with Gasteiger partial charge in [0.15, 0.2) is 5.78 Å². The molecule has 0 heterocycles. The smallest absolute Gasteiger partial charge is 0.243 e. The number of rotatable bonds is 6. The minimum absolute atomic E-state index is 0.0398. The Morgan fingerprint density at radius 2 is 1.76 bits per heavy atom. The number of hydrogen-bond donors (Lipinski definition) is 1. The van der Waals surface area contributed by atoms with Gasteiger partial charge in [0.05, 0.1) is 11.4 Å². The van der Waals surface area contributed by atoms with E-state index in [4.69, 9.17) is 11.6 Å². The number of hydrogen-bond acceptors (Lipinski definition) is 4. The van der Waals surface area contributed by atoms with Gasteiger partial charge in [0.2, 0.25) is 15.9 Å². The van der Waals surface area contributed by atoms with Crippen molar-refractivity contribution in [2.75, 3.05) is 18.9 Å². The van der Waals surface area contributed by atoms with Gasteiger partial charge in [0.25, 0.3) is 0 Å². The van der Waals surface area contributed by atoms with Crippen LogP contribution in [0.4, 0.5) is 5.69 Å². The summed E-state index contributed by atoms with van der Waals surface area (Å²) in [7, 11) is -2.59. The highest BCUT2D eigenvalue weighted by Gasteiger charge is 2.23. The van der Waals surface area contributed by atoms with Crippen LogP contribution in [-0.4, -0.2) is 38.0 Å². The maximum atomic E-state index is 12.6. The van der Waals surface area contributed by atoms with Crippen LogP contribution in [0.15, 0.2) is 53.4 Å². The van der Waals surface area contributed by atoms with Crippen molar-refractivity contribution in [1.82, 2.24) is 4.31 Å². The lowest BCUT2D eigenvalue weighted by Gasteiger charge is -2.17. The number of nitrogens with one attached hydrogen (secondary N) is 1. The lowest BCUT2D eigenvalue weighted by Crippen LogP contribution is -2.35. The zero-order valence-corrected chi connectivity index (χ0v) is 15.3. The number of sulfonamides is 1. The fourth-order valence-electron chi connectivity index (χ4n) is 2.08. The number of anilines is 1. The molecule has 0 bridgehead atoms. The second-order valence-corrected chi connectivity index (χ2v) is 7.88. The Morgan fingerprint density at radius 1 is 1.12 bits per heavy atom. The average molecular weight is 381 g/mol. The molecule has 2 aromatic carbocycles. The molecule has 0 radical (unpaired) electrons. The normalized spacial score (nSPS) is 11.4. The van der Waals surface area contributed by atoms with Gasteiger partial charge in [-0.25, -0.2) is 8.42 Å². The first-order valence-electron chi connectivity index (χ1n) is 7.33. The van der Waals surface area contributed by atoms with Gasteiger partial charge in [-0.2, -0.15) is 4.31 Å². The number of Topliss-reactive ketones (excluding diaryl/α,β-unsaturated/α-hetero) is 1. The van der Waals surface area contributed by atoms with Gasteiger partial charge in [-0.3, -0.25) is 9.59 Å². The van der Waals surface area contributed by atoms with E-state index in [1.54, 1.807) is 24.3 Å². The Hall–Kier alpha value is -2.22. The standard InChI is InChI=1S/C17H17ClN2O4S/c1-12(21)13-4-3-5-16(10-13)25(23,24)20(2)11-17(22)19-15-8-6-14(18)7-9-15/h3-10H,11H2,1-2H3,(H,19,22). The lowest BCUT2D eigenvalue weighted by atomic mass is 10.2. The molecule has 0 aliphatic carbocycles. The maximum Gasteiger partial charge on any atom is 0.243 e. The zero-order valence-electron chi connectivity index (χ0n) is 13.7. The Morgan fingerprint density at radius 3 is 2.36 bits per heavy atom. The quantitative estimate of drug-likeness (QED) is 0.781. The molecule has 2 rings (SSSR count). The second kappa shape index (κ2) is 7.77. The van der Waals surface area contributed by atoms with E-state index in [1.165, 1.54) is 38.2 Å². The van der Waals surface area contributed by atoms with Crippen LogP contribution in [-0.2, 0) is 14.8 Å². The second-order valence-electron chi connectivity index (χ2n) is 5.40. The van der Waals surface area contributed by atoms with Crippen molar-refractivity contribution < 1.29 is 18.0 Å². The fourth-order valence-corrected chi connectivity index (χ4v) is 3.38. The third kappa shape index (κ3) is 4.88. The summed E-state index contributed by atoms with van der Waals surface area (Å²) >= 11 is 5.77. The summed E-state index contributed by atoms with van der Waals surface area (Å²) in [5, 5.41) is 3.13. The van der Waals surface area contributed by atoms with Gasteiger partial charge in [-0.1, -0.05) is 23.7 Å². The average Bonchev–Trinajstić information content (AvgIpc) is 2.57. The summed E-state index contributed by atoms with van der Waals surface area (Å²) in [5.74, 6) is -0.726. The molecule has 0 aliphatic heterocycles. The number of ketones is 1. The monoisotopic (exact) mass is 380 g/mol. The SMILES string of the molecule is CC(=O)c1cccc(S(=O)(=O)N(C)CC(=O)Nc2ccc(Cl)cc2)c1. The molecule has 0 spiro atoms. The summed E-state index contributed by atoms with van der Waals surface area (Å²) in [6.45, 7) is 0.990. The molecule has 0 fully saturated rings. The number of amides is 1. The van der Waals surface area contributed by atoms with E-state index in [2.05, 4.69) is 5.32 Å². The van der Waals surface area contributed by atoms with Crippen LogP contribution in [0.3, 0.4) is 0 Å². The fraction of sp³-hybridized carbons (Fsp3) is 0.176. The van der Waals surface area contributed by atoms with E-state index in [-0.39, 0.29) is 17.2 Å². The number of nitrogens with zero attached hydrogens (tertiary/aromatic N) is 1. The van der Waals surface area contributed by atoms with Gasteiger partial charge >= 0.3 is 0 Å². The summed E-state index contributed by atoms with van der Waals surface area (Å²) in [4.78, 5) is 23.4. The molecule has 2 aromatic rings. The molecule has 8 heteroatoms. The highest BCUT2D eigenvalue weighted by Crippen LogP contribution is 2.17. The maximum absolute atomic E-state index is 12.6. The molecule has 0 saturated heterocycles. The number of halogens is 1. The van der Waals surface area contributed by atoms with Crippen LogP contribution < -0.4 is 5.32 Å². The summed E-state index contributed by atoms with van der Waals surface area (Å²) in [5.41, 5.74) is 0.805. The predicted octanol–water partition coefficient (Wildman–Crippen LogP) is 2.80. The molecule has 1 amide bonds. The summed E-state index contributed by atoms with van der Waals surface area (Å²) in [6.07, 6.45) is 0. The zero-order chi connectivity index (χ0) is 18.6. The third-order valence-electron chi connectivity index (χ3n) is 3.44. The molecule has 0 aromatic heterocycles. The van der Waals surface area contributed by atoms with Gasteiger partial charge in [-0.05, 0) is 43.3 Å². The Labute approximate surface area is 151 Å². The Kier molecular flexibility index (Phi) is 5.94. The van der Waals surface area contributed by atoms with Crippen LogP contribution in [0.5, 0.6) is 0 Å². The van der Waals surface area contributed by atoms with E-state index in [1.807, 2.05) is 0 Å². The van der Waals surface area contributed by atoms with Crippen molar-refractivity contribution in [1.29, 1.82) is 0 Å². The van der Waals surface area contributed by atoms with Crippen LogP contribution in [0, 0.1) is 0 Å². The molecule has 6 nitrogen and oxygen atoms in total. The van der Waals surface area contributed by atoms with Crippen LogP contribution in [0.25, 0.3) is 0 Å². The van der Waals surface area contributed by atoms with E-state index < -0.39 is 15.9 Å². The lowest BCUT2D eigenvalue weighted by molar-refractivity contribution is -0.116. The molecule has 0 atom stereocenters. The minimum atomic E-state index is -3.89. The van der Waals surface area contributed by atoms with Crippen molar-refractivity contribution in [2.24, 2.45) is 0 Å². The third-order valence-corrected chi connectivity index (χ3v) is 5.49. The highest BCUT2D eigenvalue weighted by atomic mass is 35.5. The first-order valence-corrected chi connectivity index (χ1v) is 9.15. The molecule has 132 valence electrons. The summed E-state index contributed by atoms with van der Waals surface area (Å²) in [6, 6.07) is 12.2. The van der Waals surface area contributed by atoms with Crippen molar-refractivity contribution in [3.63, 3.8) is 0 Å². The van der Waals surface area contributed by atoms with E-state index in [9.17, 15) is 18.0 Å². The van der Waals surface area contributed by atoms with Crippen LogP contribution in [0.1, 0.15) is 17.3 Å². The number of carbonyl (C=O) groups excluding carboxylic acids is 2. The van der Waals surface area contributed by atoms with Crippen molar-refractivity contribution >= 4 is 39.0 Å². The molecule has 0 saturated carbocycles. The first-order chi connectivity index (χ1) is 11.7. The molecule has 1 N–H and O–H groups in total.